The smallest absolute Gasteiger partial charge is 0.335 e. The standard InChI is InChI=1S/C33H33ClFN5O6/c1-33(28-8-7-20(34)14-36-28)45-27-6-2-5-23(31(27)46-33)39-10-9-38(25-17-43-18-26(25)39)16-29-37-30-22(35)12-19(32(41)42)13-24(30)40(29)15-21-4-3-11-44-21/h2,5-8,12-14,21,25-26H,3-4,9-11,15-18H2,1H3,(H,41,42)/t21-,25+,26-,33+/m0/s1. The third-order valence-electron chi connectivity index (χ3n) is 9.47. The zero-order valence-corrected chi connectivity index (χ0v) is 26.0. The lowest BCUT2D eigenvalue weighted by atomic mass is 10.0. The van der Waals surface area contributed by atoms with Crippen molar-refractivity contribution in [2.75, 3.05) is 37.8 Å². The molecule has 2 aromatic heterocycles. The third kappa shape index (κ3) is 5.04. The van der Waals surface area contributed by atoms with Gasteiger partial charge in [0.25, 0.3) is 5.79 Å². The molecule has 2 aromatic carbocycles. The van der Waals surface area contributed by atoms with Crippen molar-refractivity contribution >= 4 is 34.3 Å². The summed E-state index contributed by atoms with van der Waals surface area (Å²) in [4.78, 5) is 25.6. The van der Waals surface area contributed by atoms with Gasteiger partial charge in [0.1, 0.15) is 17.0 Å². The Morgan fingerprint density at radius 3 is 2.80 bits per heavy atom. The molecule has 0 saturated carbocycles. The molecule has 8 rings (SSSR count). The maximum absolute atomic E-state index is 15.2. The first kappa shape index (κ1) is 29.4. The second-order valence-corrected chi connectivity index (χ2v) is 12.8. The van der Waals surface area contributed by atoms with Gasteiger partial charge in [0.2, 0.25) is 0 Å². The van der Waals surface area contributed by atoms with Crippen LogP contribution in [0.2, 0.25) is 5.02 Å². The summed E-state index contributed by atoms with van der Waals surface area (Å²) in [6.07, 6.45) is 3.38. The largest absolute Gasteiger partial charge is 0.478 e. The Morgan fingerprint density at radius 2 is 2.02 bits per heavy atom. The van der Waals surface area contributed by atoms with Gasteiger partial charge in [-0.25, -0.2) is 14.2 Å². The summed E-state index contributed by atoms with van der Waals surface area (Å²) in [5.41, 5.74) is 2.07. The summed E-state index contributed by atoms with van der Waals surface area (Å²) >= 11 is 6.07. The van der Waals surface area contributed by atoms with Gasteiger partial charge in [-0.05, 0) is 49.2 Å². The normalized spacial score (nSPS) is 25.8. The molecular formula is C33H33ClFN5O6. The number of anilines is 1. The molecular weight excluding hydrogens is 617 g/mol. The van der Waals surface area contributed by atoms with E-state index in [-0.39, 0.29) is 29.3 Å². The minimum Gasteiger partial charge on any atom is -0.478 e. The monoisotopic (exact) mass is 649 g/mol. The number of ether oxygens (including phenoxy) is 4. The van der Waals surface area contributed by atoms with Gasteiger partial charge in [0, 0.05) is 32.8 Å². The van der Waals surface area contributed by atoms with Crippen LogP contribution < -0.4 is 14.4 Å². The Kier molecular flexibility index (Phi) is 7.28. The number of carboxylic acid groups (broad SMARTS) is 1. The number of imidazole rings is 1. The molecule has 0 unspecified atom stereocenters. The number of hydrogen-bond donors (Lipinski definition) is 1. The van der Waals surface area contributed by atoms with Crippen LogP contribution in [-0.4, -0.2) is 81.6 Å². The number of para-hydroxylation sites is 1. The van der Waals surface area contributed by atoms with Gasteiger partial charge in [-0.2, -0.15) is 0 Å². The number of piperazine rings is 1. The van der Waals surface area contributed by atoms with E-state index in [9.17, 15) is 9.90 Å². The van der Waals surface area contributed by atoms with E-state index >= 15 is 4.39 Å². The predicted octanol–water partition coefficient (Wildman–Crippen LogP) is 4.83. The molecule has 1 N–H and O–H groups in total. The predicted molar refractivity (Wildman–Crippen MR) is 166 cm³/mol. The topological polar surface area (TPSA) is 111 Å². The number of carboxylic acids is 1. The zero-order chi connectivity index (χ0) is 31.6. The Balaban J connectivity index is 1.08. The number of pyridine rings is 1. The molecule has 240 valence electrons. The quantitative estimate of drug-likeness (QED) is 0.299. The fourth-order valence-corrected chi connectivity index (χ4v) is 7.29. The van der Waals surface area contributed by atoms with Gasteiger partial charge in [-0.15, -0.1) is 0 Å². The van der Waals surface area contributed by atoms with Crippen LogP contribution in [0.1, 0.15) is 41.6 Å². The maximum atomic E-state index is 15.2. The number of benzene rings is 2. The van der Waals surface area contributed by atoms with E-state index in [1.165, 1.54) is 6.07 Å². The molecule has 6 heterocycles. The molecule has 0 amide bonds. The average Bonchev–Trinajstić information content (AvgIpc) is 3.85. The Bertz CT molecular complexity index is 1810. The number of aromatic nitrogens is 3. The Hall–Kier alpha value is -3.97. The van der Waals surface area contributed by atoms with Crippen LogP contribution in [-0.2, 0) is 28.4 Å². The minimum atomic E-state index is -1.18. The highest BCUT2D eigenvalue weighted by atomic mass is 35.5. The highest BCUT2D eigenvalue weighted by Gasteiger charge is 2.46. The second-order valence-electron chi connectivity index (χ2n) is 12.4. The molecule has 3 fully saturated rings. The van der Waals surface area contributed by atoms with Crippen molar-refractivity contribution in [1.29, 1.82) is 0 Å². The lowest BCUT2D eigenvalue weighted by molar-refractivity contribution is -0.0716. The van der Waals surface area contributed by atoms with Gasteiger partial charge in [-0.1, -0.05) is 17.7 Å². The highest BCUT2D eigenvalue weighted by molar-refractivity contribution is 6.30. The van der Waals surface area contributed by atoms with Crippen LogP contribution in [0.25, 0.3) is 11.0 Å². The molecule has 4 atom stereocenters. The number of nitrogens with zero attached hydrogens (tertiary/aromatic N) is 5. The number of aromatic carboxylic acids is 1. The fraction of sp³-hybridized carbons (Fsp3) is 0.424. The van der Waals surface area contributed by atoms with E-state index < -0.39 is 17.6 Å². The molecule has 0 bridgehead atoms. The zero-order valence-electron chi connectivity index (χ0n) is 25.2. The number of rotatable bonds is 7. The van der Waals surface area contributed by atoms with Crippen molar-refractivity contribution in [1.82, 2.24) is 19.4 Å². The summed E-state index contributed by atoms with van der Waals surface area (Å²) in [6.45, 7) is 5.89. The second kappa shape index (κ2) is 11.4. The van der Waals surface area contributed by atoms with E-state index in [1.54, 1.807) is 18.3 Å². The SMILES string of the molecule is C[C@@]1(c2ccc(Cl)cn2)Oc2cccc(N3CCN(Cc4nc5c(F)cc(C(=O)O)cc5n4C[C@@H]4CCCO4)[C@@H]4COC[C@@H]43)c2O1. The molecule has 11 nitrogen and oxygen atoms in total. The lowest BCUT2D eigenvalue weighted by Crippen LogP contribution is -2.59. The van der Waals surface area contributed by atoms with Crippen molar-refractivity contribution in [2.45, 2.75) is 56.8 Å². The lowest BCUT2D eigenvalue weighted by Gasteiger charge is -2.44. The van der Waals surface area contributed by atoms with E-state index in [0.717, 1.165) is 24.6 Å². The highest BCUT2D eigenvalue weighted by Crippen LogP contribution is 2.50. The number of carbonyl (C=O) groups is 1. The molecule has 4 aliphatic rings. The number of fused-ring (bicyclic) bond motifs is 3. The van der Waals surface area contributed by atoms with E-state index in [2.05, 4.69) is 14.8 Å². The van der Waals surface area contributed by atoms with Gasteiger partial charge in [-0.3, -0.25) is 9.88 Å². The summed E-state index contributed by atoms with van der Waals surface area (Å²) < 4.78 is 41.9. The van der Waals surface area contributed by atoms with Gasteiger partial charge >= 0.3 is 5.97 Å². The van der Waals surface area contributed by atoms with Gasteiger partial charge < -0.3 is 33.5 Å². The molecule has 13 heteroatoms. The van der Waals surface area contributed by atoms with Crippen molar-refractivity contribution in [2.24, 2.45) is 0 Å². The van der Waals surface area contributed by atoms with Crippen LogP contribution >= 0.6 is 11.6 Å². The first-order valence-corrected chi connectivity index (χ1v) is 15.9. The van der Waals surface area contributed by atoms with Gasteiger partial charge in [0.05, 0.1) is 66.3 Å². The molecule has 46 heavy (non-hydrogen) atoms. The van der Waals surface area contributed by atoms with Crippen LogP contribution in [0.15, 0.2) is 48.7 Å². The molecule has 0 radical (unpaired) electrons. The molecule has 0 aliphatic carbocycles. The molecule has 4 aliphatic heterocycles. The van der Waals surface area contributed by atoms with Gasteiger partial charge in [0.15, 0.2) is 17.3 Å². The van der Waals surface area contributed by atoms with Crippen LogP contribution in [0, 0.1) is 5.82 Å². The Labute approximate surface area is 269 Å². The van der Waals surface area contributed by atoms with E-state index in [0.29, 0.717) is 79.6 Å². The van der Waals surface area contributed by atoms with Crippen LogP contribution in [0.5, 0.6) is 11.5 Å². The summed E-state index contributed by atoms with van der Waals surface area (Å²) in [7, 11) is 0. The number of hydrogen-bond acceptors (Lipinski definition) is 9. The first-order valence-electron chi connectivity index (χ1n) is 15.5. The third-order valence-corrected chi connectivity index (χ3v) is 9.69. The summed E-state index contributed by atoms with van der Waals surface area (Å²) in [5.74, 6) is -0.955. The van der Waals surface area contributed by atoms with Crippen molar-refractivity contribution in [3.63, 3.8) is 0 Å². The van der Waals surface area contributed by atoms with Crippen molar-refractivity contribution in [3.05, 3.63) is 76.6 Å². The summed E-state index contributed by atoms with van der Waals surface area (Å²) in [6, 6.07) is 12.1. The molecule has 3 saturated heterocycles. The molecule has 0 spiro atoms. The molecule has 4 aromatic rings. The summed E-state index contributed by atoms with van der Waals surface area (Å²) in [5, 5.41) is 10.1. The minimum absolute atomic E-state index is 0.0238. The first-order chi connectivity index (χ1) is 22.3. The Morgan fingerprint density at radius 1 is 1.15 bits per heavy atom. The fourth-order valence-electron chi connectivity index (χ4n) is 7.18. The van der Waals surface area contributed by atoms with Crippen LogP contribution in [0.3, 0.4) is 0 Å². The van der Waals surface area contributed by atoms with E-state index in [4.69, 9.17) is 35.5 Å². The van der Waals surface area contributed by atoms with Crippen molar-refractivity contribution < 1.29 is 33.2 Å². The number of halogens is 2. The van der Waals surface area contributed by atoms with Crippen molar-refractivity contribution in [3.8, 4) is 11.5 Å². The van der Waals surface area contributed by atoms with Crippen LogP contribution in [0.4, 0.5) is 10.1 Å². The maximum Gasteiger partial charge on any atom is 0.335 e. The van der Waals surface area contributed by atoms with E-state index in [1.807, 2.05) is 29.7 Å². The average molecular weight is 650 g/mol.